The van der Waals surface area contributed by atoms with Gasteiger partial charge in [-0.25, -0.2) is 0 Å². The van der Waals surface area contributed by atoms with Crippen molar-refractivity contribution in [3.05, 3.63) is 49.1 Å². The van der Waals surface area contributed by atoms with E-state index in [9.17, 15) is 0 Å². The molecule has 2 nitrogen and oxygen atoms in total. The largest absolute Gasteiger partial charge is 0.368 e. The summed E-state index contributed by atoms with van der Waals surface area (Å²) in [4.78, 5) is 5.72. The smallest absolute Gasteiger partial charge is 0.000496 e. The number of hydrogen-bond acceptors (Lipinski definition) is 0. The molecule has 56 valence electrons. The first-order valence-electron chi connectivity index (χ1n) is 3.15. The summed E-state index contributed by atoms with van der Waals surface area (Å²) in [5.41, 5.74) is 0. The van der Waals surface area contributed by atoms with E-state index in [4.69, 9.17) is 0 Å². The normalized spacial score (nSPS) is 7.27. The first kappa shape index (κ1) is 10.4. The number of aromatic nitrogens is 2. The van der Waals surface area contributed by atoms with Gasteiger partial charge in [0.05, 0.1) is 0 Å². The summed E-state index contributed by atoms with van der Waals surface area (Å²) >= 11 is 0. The molecule has 4 radical (unpaired) electrons. The molecule has 2 aromatic rings. The maximum absolute atomic E-state index is 2.86. The first-order valence-corrected chi connectivity index (χ1v) is 3.15. The predicted octanol–water partition coefficient (Wildman–Crippen LogP) is 1.65. The van der Waals surface area contributed by atoms with Gasteiger partial charge in [0.15, 0.2) is 0 Å². The molecule has 0 aliphatic heterocycles. The van der Waals surface area contributed by atoms with Crippen LogP contribution < -0.4 is 0 Å². The van der Waals surface area contributed by atoms with Gasteiger partial charge in [0, 0.05) is 48.7 Å². The van der Waals surface area contributed by atoms with Crippen molar-refractivity contribution in [3.63, 3.8) is 0 Å². The third-order valence-electron chi connectivity index (χ3n) is 0.992. The molecule has 2 aromatic heterocycles. The van der Waals surface area contributed by atoms with Crippen LogP contribution in [0.25, 0.3) is 0 Å². The maximum atomic E-state index is 2.86. The van der Waals surface area contributed by atoms with Crippen LogP contribution >= 0.6 is 0 Å². The molecular weight excluding hydrogens is 243 g/mol. The molecule has 11 heavy (non-hydrogen) atoms. The fourth-order valence-corrected chi connectivity index (χ4v) is 0.556. The third-order valence-corrected chi connectivity index (χ3v) is 0.992. The zero-order valence-electron chi connectivity index (χ0n) is 6.12. The van der Waals surface area contributed by atoms with Crippen LogP contribution in [0.1, 0.15) is 0 Å². The van der Waals surface area contributed by atoms with Gasteiger partial charge in [0.1, 0.15) is 0 Å². The van der Waals surface area contributed by atoms with Gasteiger partial charge < -0.3 is 9.97 Å². The fourth-order valence-electron chi connectivity index (χ4n) is 0.556. The number of aromatic amines is 2. The Labute approximate surface area is 83.0 Å². The van der Waals surface area contributed by atoms with Crippen LogP contribution in [0.5, 0.6) is 0 Å². The topological polar surface area (TPSA) is 31.6 Å². The maximum Gasteiger partial charge on any atom is 0.000496 e. The minimum atomic E-state index is 0. The second-order valence-corrected chi connectivity index (χ2v) is 1.77. The van der Waals surface area contributed by atoms with E-state index in [0.29, 0.717) is 0 Å². The molecule has 0 atom stereocenters. The van der Waals surface area contributed by atoms with Gasteiger partial charge in [-0.3, -0.25) is 0 Å². The molecule has 2 heterocycles. The van der Waals surface area contributed by atoms with E-state index in [1.165, 1.54) is 0 Å². The van der Waals surface area contributed by atoms with Crippen LogP contribution in [0.2, 0.25) is 0 Å². The van der Waals surface area contributed by atoms with Crippen molar-refractivity contribution in [1.82, 2.24) is 9.97 Å². The zero-order chi connectivity index (χ0) is 7.07. The zero-order valence-corrected chi connectivity index (χ0v) is 8.97. The molecule has 0 saturated carbocycles. The Hall–Kier alpha value is -0.641. The number of H-pyrrole nitrogens is 2. The average Bonchev–Trinajstić information content (AvgIpc) is 2.67. The van der Waals surface area contributed by atoms with E-state index in [2.05, 4.69) is 9.97 Å². The van der Waals surface area contributed by atoms with Crippen molar-refractivity contribution < 1.29 is 0 Å². The number of rotatable bonds is 0. The van der Waals surface area contributed by atoms with Gasteiger partial charge in [-0.2, -0.15) is 0 Å². The second-order valence-electron chi connectivity index (χ2n) is 1.77. The standard InChI is InChI=1S/2C4H5N.Sn/c2*1-2-4-5-3-1;/h2*1-5H;. The summed E-state index contributed by atoms with van der Waals surface area (Å²) in [6.45, 7) is 0. The van der Waals surface area contributed by atoms with Crippen LogP contribution in [0.3, 0.4) is 0 Å². The summed E-state index contributed by atoms with van der Waals surface area (Å²) in [5.74, 6) is 0. The summed E-state index contributed by atoms with van der Waals surface area (Å²) in [5, 5.41) is 0. The average molecular weight is 253 g/mol. The van der Waals surface area contributed by atoms with Crippen molar-refractivity contribution in [1.29, 1.82) is 0 Å². The Morgan fingerprint density at radius 2 is 0.818 bits per heavy atom. The van der Waals surface area contributed by atoms with Gasteiger partial charge in [-0.05, 0) is 24.3 Å². The van der Waals surface area contributed by atoms with Crippen molar-refractivity contribution >= 4 is 23.9 Å². The van der Waals surface area contributed by atoms with Gasteiger partial charge in [0.25, 0.3) is 0 Å². The van der Waals surface area contributed by atoms with E-state index in [1.807, 2.05) is 49.1 Å². The number of hydrogen-bond donors (Lipinski definition) is 2. The second kappa shape index (κ2) is 7.47. The van der Waals surface area contributed by atoms with Crippen LogP contribution in [-0.2, 0) is 0 Å². The van der Waals surface area contributed by atoms with Gasteiger partial charge in [-0.15, -0.1) is 0 Å². The minimum absolute atomic E-state index is 0. The third kappa shape index (κ3) is 5.79. The minimum Gasteiger partial charge on any atom is -0.368 e. The molecule has 0 unspecified atom stereocenters. The molecule has 0 aliphatic carbocycles. The van der Waals surface area contributed by atoms with Crippen LogP contribution in [0.4, 0.5) is 0 Å². The van der Waals surface area contributed by atoms with E-state index in [1.54, 1.807) is 0 Å². The van der Waals surface area contributed by atoms with Crippen LogP contribution in [-0.4, -0.2) is 33.9 Å². The Kier molecular flexibility index (Phi) is 7.03. The fraction of sp³-hybridized carbons (Fsp3) is 0. The van der Waals surface area contributed by atoms with Crippen LogP contribution in [0.15, 0.2) is 49.1 Å². The van der Waals surface area contributed by atoms with Gasteiger partial charge in [-0.1, -0.05) is 0 Å². The van der Waals surface area contributed by atoms with E-state index >= 15 is 0 Å². The Bertz CT molecular complexity index is 151. The summed E-state index contributed by atoms with van der Waals surface area (Å²) < 4.78 is 0. The molecule has 0 amide bonds. The molecule has 2 rings (SSSR count). The molecule has 0 aliphatic rings. The van der Waals surface area contributed by atoms with Gasteiger partial charge in [0.2, 0.25) is 0 Å². The molecule has 0 fully saturated rings. The van der Waals surface area contributed by atoms with E-state index in [-0.39, 0.29) is 23.9 Å². The van der Waals surface area contributed by atoms with E-state index < -0.39 is 0 Å². The van der Waals surface area contributed by atoms with E-state index in [0.717, 1.165) is 0 Å². The Balaban J connectivity index is 0.000000167. The molecule has 0 aromatic carbocycles. The molecular formula is C8H10N2Sn. The van der Waals surface area contributed by atoms with Crippen molar-refractivity contribution in [2.45, 2.75) is 0 Å². The first-order chi connectivity index (χ1) is 5.00. The van der Waals surface area contributed by atoms with Crippen molar-refractivity contribution in [2.75, 3.05) is 0 Å². The molecule has 3 heteroatoms. The molecule has 2 N–H and O–H groups in total. The summed E-state index contributed by atoms with van der Waals surface area (Å²) in [7, 11) is 0. The quantitative estimate of drug-likeness (QED) is 0.669. The summed E-state index contributed by atoms with van der Waals surface area (Å²) in [6, 6.07) is 7.78. The Morgan fingerprint density at radius 1 is 0.545 bits per heavy atom. The molecule has 0 saturated heterocycles. The summed E-state index contributed by atoms with van der Waals surface area (Å²) in [6.07, 6.45) is 7.50. The SMILES string of the molecule is [Sn].c1cc[nH]c1.c1cc[nH]c1. The van der Waals surface area contributed by atoms with Crippen LogP contribution in [0, 0.1) is 0 Å². The molecule has 0 bridgehead atoms. The van der Waals surface area contributed by atoms with Crippen molar-refractivity contribution in [2.24, 2.45) is 0 Å². The Morgan fingerprint density at radius 3 is 0.909 bits per heavy atom. The van der Waals surface area contributed by atoms with Gasteiger partial charge >= 0.3 is 0 Å². The molecule has 0 spiro atoms. The number of nitrogens with one attached hydrogen (secondary N) is 2. The predicted molar refractivity (Wildman–Crippen MR) is 47.3 cm³/mol. The monoisotopic (exact) mass is 254 g/mol. The van der Waals surface area contributed by atoms with Crippen molar-refractivity contribution in [3.8, 4) is 0 Å².